The number of para-hydroxylation sites is 1. The molecule has 0 radical (unpaired) electrons. The maximum Gasteiger partial charge on any atom is 0.319 e. The van der Waals surface area contributed by atoms with Gasteiger partial charge in [0.2, 0.25) is 0 Å². The number of rotatable bonds is 4. The number of nitrogens with one attached hydrogen (secondary N) is 3. The molecule has 0 unspecified atom stereocenters. The molecule has 2 rings (SSSR count). The van der Waals surface area contributed by atoms with Crippen LogP contribution in [0, 0.1) is 0 Å². The monoisotopic (exact) mass is 264 g/mol. The van der Waals surface area contributed by atoms with E-state index in [0.29, 0.717) is 23.7 Å². The van der Waals surface area contributed by atoms with Crippen LogP contribution in [0.1, 0.15) is 5.82 Å². The first-order valence-electron chi connectivity index (χ1n) is 5.53. The lowest BCUT2D eigenvalue weighted by Crippen LogP contribution is -2.30. The van der Waals surface area contributed by atoms with Gasteiger partial charge in [-0.1, -0.05) is 23.7 Å². The molecule has 1 heterocycles. The fraction of sp³-hybridized carbons (Fsp3) is 0.167. The standard InChI is InChI=1S/C12H13ClN4O/c13-9-3-1-2-4-10(9)17-12(18)16-6-5-11-14-7-8-15-11/h1-4,7-8H,5-6H2,(H,14,15)(H2,16,17,18). The number of nitrogens with zero attached hydrogens (tertiary/aromatic N) is 1. The average molecular weight is 265 g/mol. The van der Waals surface area contributed by atoms with Crippen LogP contribution in [0.3, 0.4) is 0 Å². The van der Waals surface area contributed by atoms with Gasteiger partial charge < -0.3 is 15.6 Å². The van der Waals surface area contributed by atoms with Crippen LogP contribution in [0.15, 0.2) is 36.7 Å². The lowest BCUT2D eigenvalue weighted by molar-refractivity contribution is 0.252. The number of anilines is 1. The zero-order valence-corrected chi connectivity index (χ0v) is 10.4. The smallest absolute Gasteiger partial charge is 0.319 e. The van der Waals surface area contributed by atoms with Crippen molar-refractivity contribution in [3.63, 3.8) is 0 Å². The Bertz CT molecular complexity index is 513. The molecule has 0 aliphatic carbocycles. The molecule has 1 aromatic carbocycles. The first-order chi connectivity index (χ1) is 8.75. The van der Waals surface area contributed by atoms with Crippen molar-refractivity contribution in [3.8, 4) is 0 Å². The minimum absolute atomic E-state index is 0.283. The van der Waals surface area contributed by atoms with Gasteiger partial charge in [0.1, 0.15) is 5.82 Å². The summed E-state index contributed by atoms with van der Waals surface area (Å²) in [6.45, 7) is 0.504. The van der Waals surface area contributed by atoms with Gasteiger partial charge >= 0.3 is 6.03 Å². The van der Waals surface area contributed by atoms with Gasteiger partial charge in [-0.05, 0) is 12.1 Å². The van der Waals surface area contributed by atoms with E-state index in [4.69, 9.17) is 11.6 Å². The van der Waals surface area contributed by atoms with Gasteiger partial charge in [0.15, 0.2) is 0 Å². The second-order valence-corrected chi connectivity index (χ2v) is 4.05. The third-order valence-electron chi connectivity index (χ3n) is 2.32. The van der Waals surface area contributed by atoms with E-state index in [1.54, 1.807) is 24.5 Å². The Morgan fingerprint density at radius 1 is 1.39 bits per heavy atom. The minimum atomic E-state index is -0.283. The molecule has 0 spiro atoms. The van der Waals surface area contributed by atoms with Crippen molar-refractivity contribution in [1.82, 2.24) is 15.3 Å². The highest BCUT2D eigenvalue weighted by atomic mass is 35.5. The lowest BCUT2D eigenvalue weighted by atomic mass is 10.3. The summed E-state index contributed by atoms with van der Waals surface area (Å²) in [4.78, 5) is 18.6. The molecule has 5 nitrogen and oxygen atoms in total. The molecule has 0 aliphatic rings. The molecular formula is C12H13ClN4O. The molecule has 0 saturated heterocycles. The van der Waals surface area contributed by atoms with E-state index in [1.165, 1.54) is 0 Å². The van der Waals surface area contributed by atoms with Gasteiger partial charge in [-0.2, -0.15) is 0 Å². The minimum Gasteiger partial charge on any atom is -0.349 e. The van der Waals surface area contributed by atoms with E-state index in [2.05, 4.69) is 20.6 Å². The number of amides is 2. The van der Waals surface area contributed by atoms with Crippen molar-refractivity contribution < 1.29 is 4.79 Å². The Kier molecular flexibility index (Phi) is 4.20. The summed E-state index contributed by atoms with van der Waals surface area (Å²) < 4.78 is 0. The number of aromatic amines is 1. The maximum atomic E-state index is 11.6. The summed E-state index contributed by atoms with van der Waals surface area (Å²) in [7, 11) is 0. The number of aromatic nitrogens is 2. The molecule has 0 aliphatic heterocycles. The molecule has 3 N–H and O–H groups in total. The number of halogens is 1. The first kappa shape index (κ1) is 12.4. The normalized spacial score (nSPS) is 10.1. The molecule has 6 heteroatoms. The highest BCUT2D eigenvalue weighted by molar-refractivity contribution is 6.33. The molecule has 0 fully saturated rings. The fourth-order valence-electron chi connectivity index (χ4n) is 1.46. The molecule has 2 aromatic rings. The number of hydrogen-bond acceptors (Lipinski definition) is 2. The van der Waals surface area contributed by atoms with E-state index >= 15 is 0 Å². The third-order valence-corrected chi connectivity index (χ3v) is 2.65. The molecule has 0 bridgehead atoms. The summed E-state index contributed by atoms with van der Waals surface area (Å²) in [5.74, 6) is 0.841. The van der Waals surface area contributed by atoms with E-state index in [1.807, 2.05) is 12.1 Å². The highest BCUT2D eigenvalue weighted by Crippen LogP contribution is 2.19. The summed E-state index contributed by atoms with van der Waals surface area (Å²) in [5.41, 5.74) is 0.592. The van der Waals surface area contributed by atoms with Crippen LogP contribution in [0.25, 0.3) is 0 Å². The Hall–Kier alpha value is -2.01. The number of benzene rings is 1. The molecule has 2 amide bonds. The number of imidazole rings is 1. The van der Waals surface area contributed by atoms with Crippen LogP contribution in [0.5, 0.6) is 0 Å². The van der Waals surface area contributed by atoms with E-state index in [9.17, 15) is 4.79 Å². The van der Waals surface area contributed by atoms with E-state index < -0.39 is 0 Å². The van der Waals surface area contributed by atoms with E-state index in [-0.39, 0.29) is 6.03 Å². The largest absolute Gasteiger partial charge is 0.349 e. The van der Waals surface area contributed by atoms with Crippen molar-refractivity contribution in [1.29, 1.82) is 0 Å². The third kappa shape index (κ3) is 3.49. The van der Waals surface area contributed by atoms with Gasteiger partial charge in [-0.3, -0.25) is 0 Å². The van der Waals surface area contributed by atoms with Crippen LogP contribution in [-0.2, 0) is 6.42 Å². The second kappa shape index (κ2) is 6.07. The summed E-state index contributed by atoms with van der Waals surface area (Å²) in [6, 6.07) is 6.80. The summed E-state index contributed by atoms with van der Waals surface area (Å²) in [5, 5.41) is 5.92. The Morgan fingerprint density at radius 2 is 2.22 bits per heavy atom. The molecular weight excluding hydrogens is 252 g/mol. The molecule has 94 valence electrons. The highest BCUT2D eigenvalue weighted by Gasteiger charge is 2.04. The van der Waals surface area contributed by atoms with Crippen molar-refractivity contribution in [3.05, 3.63) is 47.5 Å². The summed E-state index contributed by atoms with van der Waals surface area (Å²) >= 11 is 5.93. The molecule has 18 heavy (non-hydrogen) atoms. The lowest BCUT2D eigenvalue weighted by Gasteiger charge is -2.08. The van der Waals surface area contributed by atoms with Crippen molar-refractivity contribution >= 4 is 23.3 Å². The Morgan fingerprint density at radius 3 is 2.94 bits per heavy atom. The van der Waals surface area contributed by atoms with Crippen LogP contribution < -0.4 is 10.6 Å². The Balaban J connectivity index is 1.77. The van der Waals surface area contributed by atoms with Gasteiger partial charge in [-0.25, -0.2) is 9.78 Å². The number of hydrogen-bond donors (Lipinski definition) is 3. The molecule has 0 atom stereocenters. The van der Waals surface area contributed by atoms with Crippen LogP contribution in [0.2, 0.25) is 5.02 Å². The molecule has 1 aromatic heterocycles. The van der Waals surface area contributed by atoms with Crippen LogP contribution in [-0.4, -0.2) is 22.5 Å². The molecule has 0 saturated carbocycles. The quantitative estimate of drug-likeness (QED) is 0.794. The average Bonchev–Trinajstić information content (AvgIpc) is 2.85. The van der Waals surface area contributed by atoms with Gasteiger partial charge in [0.25, 0.3) is 0 Å². The van der Waals surface area contributed by atoms with Crippen molar-refractivity contribution in [2.45, 2.75) is 6.42 Å². The van der Waals surface area contributed by atoms with Gasteiger partial charge in [-0.15, -0.1) is 0 Å². The first-order valence-corrected chi connectivity index (χ1v) is 5.91. The fourth-order valence-corrected chi connectivity index (χ4v) is 1.64. The number of urea groups is 1. The Labute approximate surface area is 110 Å². The van der Waals surface area contributed by atoms with Gasteiger partial charge in [0, 0.05) is 25.4 Å². The summed E-state index contributed by atoms with van der Waals surface area (Å²) in [6.07, 6.45) is 4.08. The zero-order chi connectivity index (χ0) is 12.8. The maximum absolute atomic E-state index is 11.6. The van der Waals surface area contributed by atoms with Crippen molar-refractivity contribution in [2.75, 3.05) is 11.9 Å². The van der Waals surface area contributed by atoms with Crippen LogP contribution in [0.4, 0.5) is 10.5 Å². The number of carbonyl (C=O) groups excluding carboxylic acids is 1. The zero-order valence-electron chi connectivity index (χ0n) is 9.61. The van der Waals surface area contributed by atoms with Crippen LogP contribution >= 0.6 is 11.6 Å². The SMILES string of the molecule is O=C(NCCc1ncc[nH]1)Nc1ccccc1Cl. The number of carbonyl (C=O) groups is 1. The predicted molar refractivity (Wildman–Crippen MR) is 70.8 cm³/mol. The van der Waals surface area contributed by atoms with E-state index in [0.717, 1.165) is 5.82 Å². The topological polar surface area (TPSA) is 69.8 Å². The number of H-pyrrole nitrogens is 1. The van der Waals surface area contributed by atoms with Crippen molar-refractivity contribution in [2.24, 2.45) is 0 Å². The second-order valence-electron chi connectivity index (χ2n) is 3.65. The van der Waals surface area contributed by atoms with Gasteiger partial charge in [0.05, 0.1) is 10.7 Å². The predicted octanol–water partition coefficient (Wildman–Crippen LogP) is 2.43.